The number of hydrogen-bond donors (Lipinski definition) is 0. The molecule has 158 valence electrons. The second kappa shape index (κ2) is 8.92. The Hall–Kier alpha value is -2.52. The Morgan fingerprint density at radius 1 is 1.00 bits per heavy atom. The summed E-state index contributed by atoms with van der Waals surface area (Å²) in [6.45, 7) is 0.0766. The molecule has 10 heteroatoms. The third-order valence-corrected chi connectivity index (χ3v) is 7.64. The number of hydrogen-bond acceptors (Lipinski definition) is 6. The van der Waals surface area contributed by atoms with Crippen molar-refractivity contribution < 1.29 is 13.2 Å². The van der Waals surface area contributed by atoms with Gasteiger partial charge in [0, 0.05) is 11.2 Å². The van der Waals surface area contributed by atoms with Crippen molar-refractivity contribution in [3.8, 4) is 0 Å². The number of halogens is 2. The maximum Gasteiger partial charge on any atom is 0.244 e. The summed E-state index contributed by atoms with van der Waals surface area (Å²) in [5.74, 6) is -1.33. The van der Waals surface area contributed by atoms with E-state index in [1.54, 1.807) is 36.5 Å². The van der Waals surface area contributed by atoms with Gasteiger partial charge >= 0.3 is 0 Å². The molecule has 0 bridgehead atoms. The molecule has 2 aromatic carbocycles. The van der Waals surface area contributed by atoms with Crippen LogP contribution in [0.15, 0.2) is 71.8 Å². The lowest BCUT2D eigenvalue weighted by molar-refractivity contribution is -0.116. The Kier molecular flexibility index (Phi) is 6.24. The van der Waals surface area contributed by atoms with E-state index in [9.17, 15) is 13.2 Å². The molecule has 0 saturated heterocycles. The first-order chi connectivity index (χ1) is 14.8. The molecule has 0 unspecified atom stereocenters. The number of aromatic nitrogens is 2. The number of pyridine rings is 1. The van der Waals surface area contributed by atoms with Crippen LogP contribution in [0, 0.1) is 0 Å². The predicted molar refractivity (Wildman–Crippen MR) is 124 cm³/mol. The normalized spacial score (nSPS) is 11.5. The van der Waals surface area contributed by atoms with Gasteiger partial charge in [0.2, 0.25) is 5.91 Å². The molecular formula is C21H15Cl2N3O3S2. The van der Waals surface area contributed by atoms with E-state index in [4.69, 9.17) is 23.2 Å². The van der Waals surface area contributed by atoms with E-state index in [0.717, 1.165) is 4.70 Å². The Balaban J connectivity index is 1.70. The van der Waals surface area contributed by atoms with Crippen LogP contribution in [0.3, 0.4) is 0 Å². The van der Waals surface area contributed by atoms with E-state index < -0.39 is 21.5 Å². The molecule has 4 aromatic rings. The number of carbonyl (C=O) groups excluding carboxylic acids is 1. The Morgan fingerprint density at radius 2 is 1.77 bits per heavy atom. The second-order valence-electron chi connectivity index (χ2n) is 6.60. The lowest BCUT2D eigenvalue weighted by Gasteiger charge is -2.19. The third-order valence-electron chi connectivity index (χ3n) is 4.42. The highest BCUT2D eigenvalue weighted by atomic mass is 35.5. The first kappa shape index (κ1) is 21.7. The molecule has 1 amide bonds. The second-order valence-corrected chi connectivity index (χ2v) is 10.4. The average Bonchev–Trinajstić information content (AvgIpc) is 3.18. The van der Waals surface area contributed by atoms with Crippen molar-refractivity contribution in [2.45, 2.75) is 11.4 Å². The maximum atomic E-state index is 13.2. The lowest BCUT2D eigenvalue weighted by Crippen LogP contribution is -2.35. The van der Waals surface area contributed by atoms with E-state index in [2.05, 4.69) is 9.97 Å². The van der Waals surface area contributed by atoms with Crippen molar-refractivity contribution in [2.75, 3.05) is 10.7 Å². The van der Waals surface area contributed by atoms with E-state index in [0.29, 0.717) is 26.4 Å². The summed E-state index contributed by atoms with van der Waals surface area (Å²) in [4.78, 5) is 23.3. The van der Waals surface area contributed by atoms with Gasteiger partial charge in [0.1, 0.15) is 11.3 Å². The summed E-state index contributed by atoms with van der Waals surface area (Å²) >= 11 is 13.3. The van der Waals surface area contributed by atoms with E-state index in [1.165, 1.54) is 40.5 Å². The highest BCUT2D eigenvalue weighted by molar-refractivity contribution is 7.92. The molecule has 0 radical (unpaired) electrons. The van der Waals surface area contributed by atoms with Crippen LogP contribution in [0.5, 0.6) is 0 Å². The first-order valence-electron chi connectivity index (χ1n) is 9.07. The Labute approximate surface area is 193 Å². The molecule has 4 rings (SSSR count). The van der Waals surface area contributed by atoms with Crippen molar-refractivity contribution >= 4 is 65.6 Å². The van der Waals surface area contributed by atoms with Crippen LogP contribution < -0.4 is 4.90 Å². The molecule has 2 heterocycles. The van der Waals surface area contributed by atoms with Crippen LogP contribution in [-0.2, 0) is 21.2 Å². The molecule has 6 nitrogen and oxygen atoms in total. The topological polar surface area (TPSA) is 80.2 Å². The largest absolute Gasteiger partial charge is 0.281 e. The molecule has 2 aromatic heterocycles. The van der Waals surface area contributed by atoms with Crippen LogP contribution in [0.1, 0.15) is 5.69 Å². The number of fused-ring (bicyclic) bond motifs is 1. The number of para-hydroxylation sites is 1. The molecule has 0 aliphatic rings. The molecular weight excluding hydrogens is 477 g/mol. The number of nitrogens with zero attached hydrogens (tertiary/aromatic N) is 3. The van der Waals surface area contributed by atoms with E-state index in [1.807, 2.05) is 6.07 Å². The number of rotatable bonds is 6. The summed E-state index contributed by atoms with van der Waals surface area (Å²) < 4.78 is 26.4. The summed E-state index contributed by atoms with van der Waals surface area (Å²) in [6, 6.07) is 16.4. The fourth-order valence-electron chi connectivity index (χ4n) is 2.90. The van der Waals surface area contributed by atoms with Gasteiger partial charge in [-0.25, -0.2) is 13.4 Å². The van der Waals surface area contributed by atoms with Gasteiger partial charge in [-0.1, -0.05) is 46.7 Å². The number of anilines is 1. The summed E-state index contributed by atoms with van der Waals surface area (Å²) in [5, 5.41) is 1.22. The Morgan fingerprint density at radius 3 is 2.45 bits per heavy atom. The van der Waals surface area contributed by atoms with Gasteiger partial charge in [-0.15, -0.1) is 0 Å². The first-order valence-corrected chi connectivity index (χ1v) is 12.3. The van der Waals surface area contributed by atoms with Gasteiger partial charge < -0.3 is 0 Å². The molecule has 0 saturated carbocycles. The SMILES string of the molecule is O=C(CS(=O)(=O)c1ccc(Cl)cc1)N(Cc1ccccn1)c1nc2c(Cl)cccc2s1. The zero-order chi connectivity index (χ0) is 22.0. The van der Waals surface area contributed by atoms with Crippen molar-refractivity contribution in [1.82, 2.24) is 9.97 Å². The molecule has 0 aliphatic heterocycles. The standard InChI is InChI=1S/C21H15Cl2N3O3S2/c22-14-7-9-16(10-8-14)31(28,29)13-19(27)26(12-15-4-1-2-11-24-15)21-25-20-17(23)5-3-6-18(20)30-21/h1-11H,12-13H2. The van der Waals surface area contributed by atoms with Gasteiger partial charge in [-0.05, 0) is 48.5 Å². The monoisotopic (exact) mass is 491 g/mol. The average molecular weight is 492 g/mol. The summed E-state index contributed by atoms with van der Waals surface area (Å²) in [7, 11) is -3.88. The Bertz CT molecular complexity index is 1340. The van der Waals surface area contributed by atoms with Crippen molar-refractivity contribution in [2.24, 2.45) is 0 Å². The highest BCUT2D eigenvalue weighted by Gasteiger charge is 2.27. The smallest absolute Gasteiger partial charge is 0.244 e. The number of carbonyl (C=O) groups is 1. The lowest BCUT2D eigenvalue weighted by atomic mass is 10.3. The van der Waals surface area contributed by atoms with Gasteiger partial charge in [0.15, 0.2) is 15.0 Å². The van der Waals surface area contributed by atoms with E-state index in [-0.39, 0.29) is 11.4 Å². The zero-order valence-electron chi connectivity index (χ0n) is 15.9. The molecule has 0 spiro atoms. The van der Waals surface area contributed by atoms with Gasteiger partial charge in [-0.3, -0.25) is 14.7 Å². The van der Waals surface area contributed by atoms with Crippen LogP contribution >= 0.6 is 34.5 Å². The zero-order valence-corrected chi connectivity index (χ0v) is 19.0. The molecule has 0 N–H and O–H groups in total. The van der Waals surface area contributed by atoms with Crippen molar-refractivity contribution in [3.05, 3.63) is 82.6 Å². The fraction of sp³-hybridized carbons (Fsp3) is 0.0952. The van der Waals surface area contributed by atoms with Gasteiger partial charge in [-0.2, -0.15) is 0 Å². The van der Waals surface area contributed by atoms with Crippen molar-refractivity contribution in [3.63, 3.8) is 0 Å². The van der Waals surface area contributed by atoms with Crippen LogP contribution in [0.4, 0.5) is 5.13 Å². The van der Waals surface area contributed by atoms with Gasteiger partial charge in [0.25, 0.3) is 0 Å². The number of sulfone groups is 1. The molecule has 0 fully saturated rings. The quantitative estimate of drug-likeness (QED) is 0.378. The predicted octanol–water partition coefficient (Wildman–Crippen LogP) is 5.01. The fourth-order valence-corrected chi connectivity index (χ4v) is 5.51. The van der Waals surface area contributed by atoms with Crippen LogP contribution in [0.25, 0.3) is 10.2 Å². The van der Waals surface area contributed by atoms with Crippen LogP contribution in [-0.4, -0.2) is 30.0 Å². The summed E-state index contributed by atoms with van der Waals surface area (Å²) in [6.07, 6.45) is 1.61. The number of thiazole rings is 1. The minimum Gasteiger partial charge on any atom is -0.281 e. The van der Waals surface area contributed by atoms with Crippen molar-refractivity contribution in [1.29, 1.82) is 0 Å². The summed E-state index contributed by atoms with van der Waals surface area (Å²) in [5.41, 5.74) is 1.16. The minimum atomic E-state index is -3.88. The number of benzene rings is 2. The van der Waals surface area contributed by atoms with Crippen LogP contribution in [0.2, 0.25) is 10.0 Å². The highest BCUT2D eigenvalue weighted by Crippen LogP contribution is 2.33. The third kappa shape index (κ3) is 4.88. The van der Waals surface area contributed by atoms with Gasteiger partial charge in [0.05, 0.1) is 26.9 Å². The molecule has 0 atom stereocenters. The maximum absolute atomic E-state index is 13.2. The number of amides is 1. The molecule has 31 heavy (non-hydrogen) atoms. The van der Waals surface area contributed by atoms with E-state index >= 15 is 0 Å². The molecule has 0 aliphatic carbocycles. The minimum absolute atomic E-state index is 0.0235.